The number of aromatic nitrogens is 2. The Hall–Kier alpha value is -6.61. The lowest BCUT2D eigenvalue weighted by Gasteiger charge is -2.13. The van der Waals surface area contributed by atoms with Gasteiger partial charge in [-0.25, -0.2) is 0 Å². The molecule has 5 N–H and O–H groups in total. The number of nitrogens with one attached hydrogen (secondary N) is 3. The molecule has 6 rings (SSSR count). The first-order valence-electron chi connectivity index (χ1n) is 19.4. The quantitative estimate of drug-likeness (QED) is 0.0683. The minimum absolute atomic E-state index is 0.0731. The summed E-state index contributed by atoms with van der Waals surface area (Å²) in [6.45, 7) is 7.28. The maximum absolute atomic E-state index is 13.0. The van der Waals surface area contributed by atoms with Crippen molar-refractivity contribution < 1.29 is 40.7 Å². The fourth-order valence-corrected chi connectivity index (χ4v) is 6.72. The molecule has 0 aliphatic carbocycles. The number of amides is 3. The van der Waals surface area contributed by atoms with Gasteiger partial charge in [0.05, 0.1) is 22.3 Å². The molecule has 0 unspecified atom stereocenters. The van der Waals surface area contributed by atoms with Gasteiger partial charge in [0.25, 0.3) is 11.8 Å². The van der Waals surface area contributed by atoms with Gasteiger partial charge in [-0.2, -0.15) is 26.3 Å². The van der Waals surface area contributed by atoms with Crippen LogP contribution in [-0.2, 0) is 30.2 Å². The highest BCUT2D eigenvalue weighted by Gasteiger charge is 2.32. The maximum atomic E-state index is 13.0. The third kappa shape index (κ3) is 12.0. The molecule has 0 spiro atoms. The Morgan fingerprint density at radius 3 is 1.36 bits per heavy atom. The molecule has 61 heavy (non-hydrogen) atoms. The van der Waals surface area contributed by atoms with Gasteiger partial charge in [0.1, 0.15) is 0 Å². The molecule has 2 aromatic heterocycles. The Labute approximate surface area is 349 Å². The van der Waals surface area contributed by atoms with Crippen molar-refractivity contribution >= 4 is 29.1 Å². The molecule has 6 aromatic rings. The van der Waals surface area contributed by atoms with E-state index in [1.807, 2.05) is 76.7 Å². The van der Waals surface area contributed by atoms with Crippen LogP contribution in [0.2, 0.25) is 0 Å². The first-order valence-corrected chi connectivity index (χ1v) is 19.4. The van der Waals surface area contributed by atoms with Gasteiger partial charge in [0, 0.05) is 60.7 Å². The van der Waals surface area contributed by atoms with E-state index < -0.39 is 35.3 Å². The van der Waals surface area contributed by atoms with Gasteiger partial charge in [-0.1, -0.05) is 72.8 Å². The molecule has 3 amide bonds. The summed E-state index contributed by atoms with van der Waals surface area (Å²) in [5, 5.41) is 7.91. The summed E-state index contributed by atoms with van der Waals surface area (Å²) in [4.78, 5) is 36.9. The van der Waals surface area contributed by atoms with Gasteiger partial charge in [-0.15, -0.1) is 0 Å². The molecule has 320 valence electrons. The lowest BCUT2D eigenvalue weighted by molar-refractivity contribution is -0.138. The van der Waals surface area contributed by atoms with E-state index in [-0.39, 0.29) is 17.3 Å². The maximum Gasteiger partial charge on any atom is 0.416 e. The predicted octanol–water partition coefficient (Wildman–Crippen LogP) is 10.3. The van der Waals surface area contributed by atoms with E-state index in [0.717, 1.165) is 58.9 Å². The van der Waals surface area contributed by atoms with Crippen LogP contribution < -0.4 is 21.7 Å². The zero-order valence-corrected chi connectivity index (χ0v) is 33.8. The fraction of sp³-hybridized carbons (Fsp3) is 0.239. The number of nitrogens with zero attached hydrogens (tertiary/aromatic N) is 2. The molecule has 0 saturated carbocycles. The van der Waals surface area contributed by atoms with Crippen molar-refractivity contribution in [3.05, 3.63) is 155 Å². The second-order valence-electron chi connectivity index (χ2n) is 14.1. The number of nitrogens with two attached hydrogens (primary N) is 1. The third-order valence-corrected chi connectivity index (χ3v) is 9.78. The standard InChI is InChI=1S/C24H24F3N3O2.C22H22F3N3O/c1-16-21(23(32)29-20-11-6-10-19(14-20)24(25,26)27)15-22(18-8-4-3-5-9-18)30(16)13-7-12-28-17(2)31;1-15-19(21(29)27-18-10-5-9-17(13-18)22(23,24)25)14-20(28(15)12-6-11-26)16-7-3-2-4-8-16/h3-6,8-11,14-15H,7,12-13H2,1-2H3,(H,28,31)(H,29,32);2-5,7-10,13-14H,6,11-12,26H2,1H3,(H,27,29). The molecule has 0 aliphatic heterocycles. The number of rotatable bonds is 13. The van der Waals surface area contributed by atoms with Gasteiger partial charge in [-0.3, -0.25) is 14.4 Å². The topological polar surface area (TPSA) is 123 Å². The van der Waals surface area contributed by atoms with Crippen LogP contribution in [0.25, 0.3) is 22.5 Å². The monoisotopic (exact) mass is 844 g/mol. The van der Waals surface area contributed by atoms with Crippen molar-refractivity contribution in [2.45, 2.75) is 59.1 Å². The Balaban J connectivity index is 0.000000232. The first kappa shape index (κ1) is 45.5. The van der Waals surface area contributed by atoms with Crippen molar-refractivity contribution in [2.75, 3.05) is 23.7 Å². The lowest BCUT2D eigenvalue weighted by atomic mass is 10.1. The highest BCUT2D eigenvalue weighted by molar-refractivity contribution is 6.07. The third-order valence-electron chi connectivity index (χ3n) is 9.78. The van der Waals surface area contributed by atoms with Crippen LogP contribution in [0.4, 0.5) is 37.7 Å². The average molecular weight is 845 g/mol. The van der Waals surface area contributed by atoms with E-state index in [1.54, 1.807) is 19.1 Å². The van der Waals surface area contributed by atoms with E-state index in [2.05, 4.69) is 16.0 Å². The number of hydrogen-bond acceptors (Lipinski definition) is 4. The molecular formula is C46H46F6N6O3. The van der Waals surface area contributed by atoms with Crippen molar-refractivity contribution in [1.82, 2.24) is 14.5 Å². The zero-order valence-electron chi connectivity index (χ0n) is 33.8. The van der Waals surface area contributed by atoms with Crippen LogP contribution in [0.15, 0.2) is 121 Å². The van der Waals surface area contributed by atoms with Gasteiger partial charge in [0.2, 0.25) is 5.91 Å². The fourth-order valence-electron chi connectivity index (χ4n) is 6.72. The number of halogens is 6. The van der Waals surface area contributed by atoms with Crippen molar-refractivity contribution in [3.8, 4) is 22.5 Å². The molecule has 0 saturated heterocycles. The smallest absolute Gasteiger partial charge is 0.356 e. The van der Waals surface area contributed by atoms with Gasteiger partial charge in [-0.05, 0) is 92.9 Å². The minimum Gasteiger partial charge on any atom is -0.356 e. The second-order valence-corrected chi connectivity index (χ2v) is 14.1. The van der Waals surface area contributed by atoms with E-state index in [0.29, 0.717) is 49.4 Å². The summed E-state index contributed by atoms with van der Waals surface area (Å²) in [5.41, 5.74) is 9.95. The largest absolute Gasteiger partial charge is 0.416 e. The molecule has 0 atom stereocenters. The van der Waals surface area contributed by atoms with Crippen LogP contribution >= 0.6 is 0 Å². The van der Waals surface area contributed by atoms with Crippen molar-refractivity contribution in [2.24, 2.45) is 5.73 Å². The average Bonchev–Trinajstić information content (AvgIpc) is 3.74. The molecule has 15 heteroatoms. The second kappa shape index (κ2) is 20.1. The minimum atomic E-state index is -4.49. The summed E-state index contributed by atoms with van der Waals surface area (Å²) < 4.78 is 81.8. The van der Waals surface area contributed by atoms with E-state index >= 15 is 0 Å². The van der Waals surface area contributed by atoms with Crippen molar-refractivity contribution in [1.29, 1.82) is 0 Å². The summed E-state index contributed by atoms with van der Waals surface area (Å²) in [6.07, 6.45) is -7.56. The summed E-state index contributed by atoms with van der Waals surface area (Å²) in [5.74, 6) is -1.05. The molecule has 0 bridgehead atoms. The Morgan fingerprint density at radius 2 is 0.984 bits per heavy atom. The molecular weight excluding hydrogens is 799 g/mol. The molecule has 0 radical (unpaired) electrons. The number of anilines is 2. The number of alkyl halides is 6. The molecule has 2 heterocycles. The van der Waals surface area contributed by atoms with E-state index in [4.69, 9.17) is 5.73 Å². The van der Waals surface area contributed by atoms with E-state index in [1.165, 1.54) is 31.2 Å². The lowest BCUT2D eigenvalue weighted by Crippen LogP contribution is -2.22. The van der Waals surface area contributed by atoms with Crippen LogP contribution in [0.1, 0.15) is 63.0 Å². The molecule has 0 fully saturated rings. The molecule has 9 nitrogen and oxygen atoms in total. The number of benzene rings is 4. The molecule has 0 aliphatic rings. The van der Waals surface area contributed by atoms with Crippen LogP contribution in [0.3, 0.4) is 0 Å². The first-order chi connectivity index (χ1) is 29.0. The number of hydrogen-bond donors (Lipinski definition) is 4. The summed E-state index contributed by atoms with van der Waals surface area (Å²) in [6, 6.07) is 31.8. The van der Waals surface area contributed by atoms with Crippen LogP contribution in [0, 0.1) is 13.8 Å². The van der Waals surface area contributed by atoms with E-state index in [9.17, 15) is 40.7 Å². The Bertz CT molecular complexity index is 2440. The Kier molecular flexibility index (Phi) is 15.0. The van der Waals surface area contributed by atoms with Gasteiger partial charge >= 0.3 is 12.4 Å². The van der Waals surface area contributed by atoms with Crippen LogP contribution in [-0.4, -0.2) is 39.9 Å². The SMILES string of the molecule is CC(=O)NCCCn1c(-c2ccccc2)cc(C(=O)Nc2cccc(C(F)(F)F)c2)c1C.Cc1c(C(=O)Nc2cccc(C(F)(F)F)c2)cc(-c2ccccc2)n1CCCN. The highest BCUT2D eigenvalue weighted by atomic mass is 19.4. The highest BCUT2D eigenvalue weighted by Crippen LogP contribution is 2.33. The van der Waals surface area contributed by atoms with Crippen LogP contribution in [0.5, 0.6) is 0 Å². The predicted molar refractivity (Wildman–Crippen MR) is 225 cm³/mol. The normalized spacial score (nSPS) is 11.4. The van der Waals surface area contributed by atoms with Gasteiger partial charge in [0.15, 0.2) is 0 Å². The zero-order chi connectivity index (χ0) is 44.3. The van der Waals surface area contributed by atoms with Gasteiger partial charge < -0.3 is 30.8 Å². The van der Waals surface area contributed by atoms with Crippen molar-refractivity contribution in [3.63, 3.8) is 0 Å². The summed E-state index contributed by atoms with van der Waals surface area (Å²) in [7, 11) is 0. The number of carbonyl (C=O) groups is 3. The summed E-state index contributed by atoms with van der Waals surface area (Å²) >= 11 is 0. The number of carbonyl (C=O) groups excluding carboxylic acids is 3. The Morgan fingerprint density at radius 1 is 0.574 bits per heavy atom. The molecule has 4 aromatic carbocycles.